The second kappa shape index (κ2) is 8.10. The number of benzene rings is 1. The fourth-order valence-electron chi connectivity index (χ4n) is 3.25. The number of piperidine rings is 1. The maximum absolute atomic E-state index is 12.6. The molecule has 0 radical (unpaired) electrons. The van der Waals surface area contributed by atoms with Crippen LogP contribution >= 0.6 is 31.9 Å². The highest BCUT2D eigenvalue weighted by atomic mass is 79.9. The third-order valence-electron chi connectivity index (χ3n) is 4.40. The predicted molar refractivity (Wildman–Crippen MR) is 103 cm³/mol. The highest BCUT2D eigenvalue weighted by Crippen LogP contribution is 2.43. The van der Waals surface area contributed by atoms with E-state index in [2.05, 4.69) is 36.8 Å². The van der Waals surface area contributed by atoms with Gasteiger partial charge in [-0.1, -0.05) is 6.42 Å². The zero-order chi connectivity index (χ0) is 18.0. The number of hydrogen-bond donors (Lipinski definition) is 0. The van der Waals surface area contributed by atoms with Gasteiger partial charge < -0.3 is 13.9 Å². The average Bonchev–Trinajstić information content (AvgIpc) is 2.94. The Labute approximate surface area is 163 Å². The van der Waals surface area contributed by atoms with Crippen molar-refractivity contribution >= 4 is 48.8 Å². The quantitative estimate of drug-likeness (QED) is 0.562. The number of fused-ring (bicyclic) bond motifs is 1. The molecule has 0 atom stereocenters. The monoisotopic (exact) mass is 473 g/mol. The highest BCUT2D eigenvalue weighted by Gasteiger charge is 2.28. The molecular formula is C18H21Br2NO4. The summed E-state index contributed by atoms with van der Waals surface area (Å²) in [6, 6.07) is 1.83. The molecule has 0 unspecified atom stereocenters. The summed E-state index contributed by atoms with van der Waals surface area (Å²) in [5.74, 6) is 0.915. The molecule has 2 aromatic rings. The van der Waals surface area contributed by atoms with Crippen molar-refractivity contribution in [2.75, 3.05) is 26.8 Å². The molecule has 0 amide bonds. The van der Waals surface area contributed by atoms with Gasteiger partial charge in [0.05, 0.1) is 34.6 Å². The Bertz CT molecular complexity index is 781. The van der Waals surface area contributed by atoms with Crippen LogP contribution in [0.5, 0.6) is 5.75 Å². The van der Waals surface area contributed by atoms with Crippen LogP contribution in [-0.4, -0.2) is 37.7 Å². The topological polar surface area (TPSA) is 51.9 Å². The number of methoxy groups -OCH3 is 1. The molecule has 2 heterocycles. The summed E-state index contributed by atoms with van der Waals surface area (Å²) in [6.07, 6.45) is 3.62. The second-order valence-corrected chi connectivity index (χ2v) is 7.68. The van der Waals surface area contributed by atoms with E-state index in [1.54, 1.807) is 14.0 Å². The lowest BCUT2D eigenvalue weighted by atomic mass is 10.1. The predicted octanol–water partition coefficient (Wildman–Crippen LogP) is 5.13. The molecule has 1 aliphatic rings. The van der Waals surface area contributed by atoms with E-state index in [-0.39, 0.29) is 5.97 Å². The Kier molecular flexibility index (Phi) is 6.07. The molecule has 1 aromatic heterocycles. The van der Waals surface area contributed by atoms with Gasteiger partial charge in [-0.3, -0.25) is 4.90 Å². The molecule has 136 valence electrons. The van der Waals surface area contributed by atoms with E-state index in [0.717, 1.165) is 17.6 Å². The van der Waals surface area contributed by atoms with E-state index in [1.807, 2.05) is 6.07 Å². The third kappa shape index (κ3) is 3.73. The summed E-state index contributed by atoms with van der Waals surface area (Å²) in [4.78, 5) is 15.0. The normalized spacial score (nSPS) is 15.5. The molecule has 0 spiro atoms. The number of hydrogen-bond acceptors (Lipinski definition) is 5. The molecule has 1 fully saturated rings. The van der Waals surface area contributed by atoms with Crippen LogP contribution < -0.4 is 4.74 Å². The number of halogens is 2. The highest BCUT2D eigenvalue weighted by molar-refractivity contribution is 9.11. The summed E-state index contributed by atoms with van der Waals surface area (Å²) in [6.45, 7) is 4.77. The summed E-state index contributed by atoms with van der Waals surface area (Å²) in [5, 5.41) is 0.700. The first-order chi connectivity index (χ1) is 12.1. The van der Waals surface area contributed by atoms with Gasteiger partial charge in [0.25, 0.3) is 0 Å². The van der Waals surface area contributed by atoms with Crippen molar-refractivity contribution in [2.45, 2.75) is 32.7 Å². The van der Waals surface area contributed by atoms with Crippen molar-refractivity contribution in [2.24, 2.45) is 0 Å². The van der Waals surface area contributed by atoms with Crippen LogP contribution in [0.4, 0.5) is 0 Å². The lowest BCUT2D eigenvalue weighted by molar-refractivity contribution is 0.0523. The van der Waals surface area contributed by atoms with Crippen LogP contribution in [0.1, 0.15) is 42.3 Å². The first-order valence-corrected chi connectivity index (χ1v) is 10.0. The van der Waals surface area contributed by atoms with Gasteiger partial charge in [-0.25, -0.2) is 4.79 Å². The van der Waals surface area contributed by atoms with Crippen LogP contribution in [0.3, 0.4) is 0 Å². The van der Waals surface area contributed by atoms with Gasteiger partial charge in [0.15, 0.2) is 0 Å². The Morgan fingerprint density at radius 3 is 2.64 bits per heavy atom. The van der Waals surface area contributed by atoms with Gasteiger partial charge in [-0.15, -0.1) is 0 Å². The van der Waals surface area contributed by atoms with Crippen molar-refractivity contribution in [1.82, 2.24) is 4.90 Å². The van der Waals surface area contributed by atoms with Gasteiger partial charge in [0.1, 0.15) is 22.7 Å². The average molecular weight is 475 g/mol. The Hall–Kier alpha value is -1.05. The standard InChI is InChI=1S/C18H21Br2NO4/c1-3-24-18(22)15-13(10-21-7-5-4-6-8-21)25-12-9-11(19)17(23-2)16(20)14(12)15/h9H,3-8,10H2,1-2H3. The molecule has 0 bridgehead atoms. The van der Waals surface area contributed by atoms with E-state index in [1.165, 1.54) is 19.3 Å². The summed E-state index contributed by atoms with van der Waals surface area (Å²) in [5.41, 5.74) is 1.12. The largest absolute Gasteiger partial charge is 0.494 e. The molecule has 0 aliphatic carbocycles. The Balaban J connectivity index is 2.12. The SMILES string of the molecule is CCOC(=O)c1c(CN2CCCCC2)oc2cc(Br)c(OC)c(Br)c12. The number of carbonyl (C=O) groups is 1. The van der Waals surface area contributed by atoms with E-state index in [9.17, 15) is 4.79 Å². The van der Waals surface area contributed by atoms with Crippen LogP contribution in [0.25, 0.3) is 11.0 Å². The van der Waals surface area contributed by atoms with Crippen LogP contribution in [0.2, 0.25) is 0 Å². The first-order valence-electron chi connectivity index (χ1n) is 8.43. The Morgan fingerprint density at radius 1 is 1.28 bits per heavy atom. The molecule has 7 heteroatoms. The first kappa shape index (κ1) is 18.7. The van der Waals surface area contributed by atoms with Crippen LogP contribution in [-0.2, 0) is 11.3 Å². The number of furan rings is 1. The number of likely N-dealkylation sites (tertiary alicyclic amines) is 1. The molecule has 1 saturated heterocycles. The fourth-order valence-corrected chi connectivity index (χ4v) is 4.86. The van der Waals surface area contributed by atoms with Gasteiger partial charge in [0.2, 0.25) is 0 Å². The molecule has 5 nitrogen and oxygen atoms in total. The zero-order valence-electron chi connectivity index (χ0n) is 14.4. The van der Waals surface area contributed by atoms with Crippen molar-refractivity contribution in [1.29, 1.82) is 0 Å². The second-order valence-electron chi connectivity index (χ2n) is 6.04. The lowest BCUT2D eigenvalue weighted by Crippen LogP contribution is -2.29. The van der Waals surface area contributed by atoms with Gasteiger partial charge in [-0.05, 0) is 70.8 Å². The number of ether oxygens (including phenoxy) is 2. The minimum atomic E-state index is -0.363. The van der Waals surface area contributed by atoms with E-state index in [0.29, 0.717) is 45.7 Å². The lowest BCUT2D eigenvalue weighted by Gasteiger charge is -2.25. The maximum Gasteiger partial charge on any atom is 0.342 e. The maximum atomic E-state index is 12.6. The molecule has 0 N–H and O–H groups in total. The van der Waals surface area contributed by atoms with E-state index < -0.39 is 0 Å². The van der Waals surface area contributed by atoms with Crippen molar-refractivity contribution in [3.05, 3.63) is 26.3 Å². The van der Waals surface area contributed by atoms with Gasteiger partial charge >= 0.3 is 5.97 Å². The summed E-state index contributed by atoms with van der Waals surface area (Å²) < 4.78 is 18.3. The number of nitrogens with zero attached hydrogens (tertiary/aromatic N) is 1. The van der Waals surface area contributed by atoms with E-state index >= 15 is 0 Å². The van der Waals surface area contributed by atoms with Crippen molar-refractivity contribution < 1.29 is 18.7 Å². The fraction of sp³-hybridized carbons (Fsp3) is 0.500. The van der Waals surface area contributed by atoms with Crippen LogP contribution in [0, 0.1) is 0 Å². The third-order valence-corrected chi connectivity index (χ3v) is 5.75. The molecule has 25 heavy (non-hydrogen) atoms. The van der Waals surface area contributed by atoms with Crippen LogP contribution in [0.15, 0.2) is 19.4 Å². The summed E-state index contributed by atoms with van der Waals surface area (Å²) >= 11 is 7.05. The van der Waals surface area contributed by atoms with E-state index in [4.69, 9.17) is 13.9 Å². The molecule has 0 saturated carbocycles. The molecular weight excluding hydrogens is 454 g/mol. The molecule has 1 aromatic carbocycles. The zero-order valence-corrected chi connectivity index (χ0v) is 17.5. The smallest absolute Gasteiger partial charge is 0.342 e. The van der Waals surface area contributed by atoms with Gasteiger partial charge in [-0.2, -0.15) is 0 Å². The number of esters is 1. The van der Waals surface area contributed by atoms with Crippen molar-refractivity contribution in [3.8, 4) is 5.75 Å². The minimum absolute atomic E-state index is 0.319. The van der Waals surface area contributed by atoms with Crippen molar-refractivity contribution in [3.63, 3.8) is 0 Å². The number of rotatable bonds is 5. The molecule has 3 rings (SSSR count). The van der Waals surface area contributed by atoms with Gasteiger partial charge in [0, 0.05) is 0 Å². The summed E-state index contributed by atoms with van der Waals surface area (Å²) in [7, 11) is 1.59. The minimum Gasteiger partial charge on any atom is -0.494 e. The Morgan fingerprint density at radius 2 is 2.00 bits per heavy atom. The number of carbonyl (C=O) groups excluding carboxylic acids is 1. The molecule has 1 aliphatic heterocycles.